The van der Waals surface area contributed by atoms with Gasteiger partial charge in [0, 0.05) is 30.8 Å². The van der Waals surface area contributed by atoms with Gasteiger partial charge in [0.1, 0.15) is 5.78 Å². The number of carbonyl (C=O) groups is 2. The van der Waals surface area contributed by atoms with Crippen LogP contribution in [-0.2, 0) is 20.7 Å². The zero-order valence-electron chi connectivity index (χ0n) is 9.27. The van der Waals surface area contributed by atoms with Crippen LogP contribution in [-0.4, -0.2) is 23.3 Å². The highest BCUT2D eigenvalue weighted by molar-refractivity contribution is 7.09. The van der Waals surface area contributed by atoms with Crippen molar-refractivity contribution in [3.05, 3.63) is 16.6 Å². The van der Waals surface area contributed by atoms with Gasteiger partial charge in [-0.25, -0.2) is 4.98 Å². The van der Waals surface area contributed by atoms with Gasteiger partial charge in [0.2, 0.25) is 0 Å². The molecule has 0 spiro atoms. The summed E-state index contributed by atoms with van der Waals surface area (Å²) in [5.74, 6) is -0.214. The van der Waals surface area contributed by atoms with Gasteiger partial charge in [-0.05, 0) is 6.92 Å². The van der Waals surface area contributed by atoms with Crippen molar-refractivity contribution < 1.29 is 14.3 Å². The molecule has 0 aliphatic heterocycles. The number of esters is 1. The second kappa shape index (κ2) is 7.11. The number of nitrogens with zero attached hydrogens (tertiary/aromatic N) is 1. The predicted molar refractivity (Wildman–Crippen MR) is 61.3 cm³/mol. The summed E-state index contributed by atoms with van der Waals surface area (Å²) in [4.78, 5) is 26.5. The molecule has 0 radical (unpaired) electrons. The molecule has 0 aliphatic carbocycles. The summed E-state index contributed by atoms with van der Waals surface area (Å²) in [5, 5.41) is 2.85. The Morgan fingerprint density at radius 2 is 2.19 bits per heavy atom. The number of hydrogen-bond donors (Lipinski definition) is 0. The van der Waals surface area contributed by atoms with E-state index in [1.807, 2.05) is 5.38 Å². The summed E-state index contributed by atoms with van der Waals surface area (Å²) >= 11 is 1.54. The smallest absolute Gasteiger partial charge is 0.306 e. The molecule has 4 nitrogen and oxygen atoms in total. The Labute approximate surface area is 98.6 Å². The molecule has 5 heteroatoms. The molecule has 1 heterocycles. The minimum absolute atomic E-state index is 0.0863. The Kier molecular flexibility index (Phi) is 5.71. The molecule has 88 valence electrons. The number of aromatic nitrogens is 1. The van der Waals surface area contributed by atoms with Crippen LogP contribution in [0.5, 0.6) is 0 Å². The normalized spacial score (nSPS) is 10.1. The SMILES string of the molecule is CCOC(=O)CCC(=O)CCc1nccs1. The van der Waals surface area contributed by atoms with E-state index in [4.69, 9.17) is 4.74 Å². The molecular weight excluding hydrogens is 226 g/mol. The summed E-state index contributed by atoms with van der Waals surface area (Å²) in [6.07, 6.45) is 3.30. The second-order valence-corrected chi connectivity index (χ2v) is 4.25. The molecule has 1 aromatic heterocycles. The summed E-state index contributed by atoms with van der Waals surface area (Å²) in [6.45, 7) is 2.12. The molecule has 1 aromatic rings. The summed E-state index contributed by atoms with van der Waals surface area (Å²) < 4.78 is 4.74. The Morgan fingerprint density at radius 3 is 2.81 bits per heavy atom. The van der Waals surface area contributed by atoms with Crippen LogP contribution >= 0.6 is 11.3 Å². The Bertz CT molecular complexity index is 335. The second-order valence-electron chi connectivity index (χ2n) is 3.27. The quantitative estimate of drug-likeness (QED) is 0.685. The number of rotatable bonds is 7. The van der Waals surface area contributed by atoms with Crippen LogP contribution in [0.4, 0.5) is 0 Å². The van der Waals surface area contributed by atoms with E-state index in [0.29, 0.717) is 19.4 Å². The number of hydrogen-bond acceptors (Lipinski definition) is 5. The van der Waals surface area contributed by atoms with Gasteiger partial charge in [-0.2, -0.15) is 0 Å². The van der Waals surface area contributed by atoms with Gasteiger partial charge in [-0.15, -0.1) is 11.3 Å². The minimum atomic E-state index is -0.301. The van der Waals surface area contributed by atoms with E-state index >= 15 is 0 Å². The molecule has 16 heavy (non-hydrogen) atoms. The van der Waals surface area contributed by atoms with Crippen LogP contribution in [0, 0.1) is 0 Å². The maximum atomic E-state index is 11.4. The summed E-state index contributed by atoms with van der Waals surface area (Å²) in [7, 11) is 0. The van der Waals surface area contributed by atoms with Crippen molar-refractivity contribution in [2.45, 2.75) is 32.6 Å². The average Bonchev–Trinajstić information content (AvgIpc) is 2.77. The molecule has 1 rings (SSSR count). The lowest BCUT2D eigenvalue weighted by molar-refractivity contribution is -0.144. The fourth-order valence-corrected chi connectivity index (χ4v) is 1.84. The third-order valence-corrected chi connectivity index (χ3v) is 2.85. The van der Waals surface area contributed by atoms with Crippen LogP contribution in [0.3, 0.4) is 0 Å². The van der Waals surface area contributed by atoms with Crippen molar-refractivity contribution in [2.75, 3.05) is 6.61 Å². The molecule has 0 aliphatic rings. The van der Waals surface area contributed by atoms with E-state index in [9.17, 15) is 9.59 Å². The Morgan fingerprint density at radius 1 is 1.38 bits per heavy atom. The number of ether oxygens (including phenoxy) is 1. The van der Waals surface area contributed by atoms with Crippen molar-refractivity contribution in [3.63, 3.8) is 0 Å². The largest absolute Gasteiger partial charge is 0.466 e. The molecular formula is C11H15NO3S. The third-order valence-electron chi connectivity index (χ3n) is 2.01. The summed E-state index contributed by atoms with van der Waals surface area (Å²) in [6, 6.07) is 0. The van der Waals surface area contributed by atoms with Gasteiger partial charge < -0.3 is 4.74 Å². The van der Waals surface area contributed by atoms with Gasteiger partial charge in [-0.3, -0.25) is 9.59 Å². The van der Waals surface area contributed by atoms with Crippen molar-refractivity contribution in [3.8, 4) is 0 Å². The molecule has 0 saturated carbocycles. The van der Waals surface area contributed by atoms with E-state index in [-0.39, 0.29) is 24.6 Å². The van der Waals surface area contributed by atoms with Crippen LogP contribution < -0.4 is 0 Å². The van der Waals surface area contributed by atoms with Gasteiger partial charge in [0.15, 0.2) is 0 Å². The first kappa shape index (κ1) is 12.8. The molecule has 0 unspecified atom stereocenters. The standard InChI is InChI=1S/C11H15NO3S/c1-2-15-11(14)6-4-9(13)3-5-10-12-7-8-16-10/h7-8H,2-6H2,1H3. The van der Waals surface area contributed by atoms with Gasteiger partial charge in [0.25, 0.3) is 0 Å². The highest BCUT2D eigenvalue weighted by Crippen LogP contribution is 2.08. The number of ketones is 1. The molecule has 0 amide bonds. The third kappa shape index (κ3) is 5.02. The first-order chi connectivity index (χ1) is 7.72. The maximum Gasteiger partial charge on any atom is 0.306 e. The average molecular weight is 241 g/mol. The van der Waals surface area contributed by atoms with Crippen LogP contribution in [0.2, 0.25) is 0 Å². The number of thiazole rings is 1. The lowest BCUT2D eigenvalue weighted by Crippen LogP contribution is -2.08. The molecule has 0 N–H and O–H groups in total. The predicted octanol–water partition coefficient (Wildman–Crippen LogP) is 1.99. The number of carbonyl (C=O) groups excluding carboxylic acids is 2. The minimum Gasteiger partial charge on any atom is -0.466 e. The highest BCUT2D eigenvalue weighted by Gasteiger charge is 2.08. The lowest BCUT2D eigenvalue weighted by atomic mass is 10.1. The molecule has 0 aromatic carbocycles. The topological polar surface area (TPSA) is 56.3 Å². The van der Waals surface area contributed by atoms with E-state index in [1.165, 1.54) is 0 Å². The van der Waals surface area contributed by atoms with Crippen LogP contribution in [0.25, 0.3) is 0 Å². The summed E-state index contributed by atoms with van der Waals surface area (Å²) in [5.41, 5.74) is 0. The molecule has 0 atom stereocenters. The fraction of sp³-hybridized carbons (Fsp3) is 0.545. The molecule has 0 fully saturated rings. The first-order valence-corrected chi connectivity index (χ1v) is 6.16. The van der Waals surface area contributed by atoms with E-state index in [2.05, 4.69) is 4.98 Å². The van der Waals surface area contributed by atoms with Crippen molar-refractivity contribution >= 4 is 23.1 Å². The van der Waals surface area contributed by atoms with Crippen LogP contribution in [0.15, 0.2) is 11.6 Å². The van der Waals surface area contributed by atoms with Gasteiger partial charge in [0.05, 0.1) is 18.0 Å². The van der Waals surface area contributed by atoms with E-state index in [0.717, 1.165) is 5.01 Å². The number of aryl methyl sites for hydroxylation is 1. The first-order valence-electron chi connectivity index (χ1n) is 5.28. The van der Waals surface area contributed by atoms with Crippen molar-refractivity contribution in [1.29, 1.82) is 0 Å². The number of Topliss-reactive ketones (excluding diaryl/α,β-unsaturated/α-hetero) is 1. The van der Waals surface area contributed by atoms with Gasteiger partial charge >= 0.3 is 5.97 Å². The van der Waals surface area contributed by atoms with Crippen LogP contribution in [0.1, 0.15) is 31.2 Å². The zero-order chi connectivity index (χ0) is 11.8. The lowest BCUT2D eigenvalue weighted by Gasteiger charge is -2.00. The van der Waals surface area contributed by atoms with Gasteiger partial charge in [-0.1, -0.05) is 0 Å². The van der Waals surface area contributed by atoms with E-state index in [1.54, 1.807) is 24.5 Å². The highest BCUT2D eigenvalue weighted by atomic mass is 32.1. The fourth-order valence-electron chi connectivity index (χ4n) is 1.22. The van der Waals surface area contributed by atoms with Crippen molar-refractivity contribution in [2.24, 2.45) is 0 Å². The maximum absolute atomic E-state index is 11.4. The van der Waals surface area contributed by atoms with Crippen molar-refractivity contribution in [1.82, 2.24) is 4.98 Å². The zero-order valence-corrected chi connectivity index (χ0v) is 10.1. The van der Waals surface area contributed by atoms with E-state index < -0.39 is 0 Å². The Hall–Kier alpha value is -1.23. The molecule has 0 saturated heterocycles. The monoisotopic (exact) mass is 241 g/mol. The molecule has 0 bridgehead atoms. The Balaban J connectivity index is 2.14.